The average Bonchev–Trinajstić information content (AvgIpc) is 2.95. The third-order valence-electron chi connectivity index (χ3n) is 3.81. The van der Waals surface area contributed by atoms with Crippen LogP contribution in [0.25, 0.3) is 11.5 Å². The van der Waals surface area contributed by atoms with Crippen molar-refractivity contribution in [2.45, 2.75) is 12.8 Å². The van der Waals surface area contributed by atoms with Gasteiger partial charge < -0.3 is 4.57 Å². The molecule has 25 heavy (non-hydrogen) atoms. The number of benzene rings is 1. The minimum absolute atomic E-state index is 0.0699. The molecule has 0 saturated heterocycles. The predicted molar refractivity (Wildman–Crippen MR) is 94.8 cm³/mol. The van der Waals surface area contributed by atoms with E-state index in [0.29, 0.717) is 34.4 Å². The van der Waals surface area contributed by atoms with E-state index in [4.69, 9.17) is 23.2 Å². The number of nitrogens with zero attached hydrogens (tertiary/aromatic N) is 5. The number of nitro groups is 1. The third-order valence-corrected chi connectivity index (χ3v) is 4.52. The first-order valence-corrected chi connectivity index (χ1v) is 8.15. The third kappa shape index (κ3) is 3.62. The van der Waals surface area contributed by atoms with Crippen LogP contribution in [0.5, 0.6) is 0 Å². The summed E-state index contributed by atoms with van der Waals surface area (Å²) in [6, 6.07) is 8.34. The zero-order valence-electron chi connectivity index (χ0n) is 13.2. The maximum atomic E-state index is 10.7. The van der Waals surface area contributed by atoms with Crippen molar-refractivity contribution in [1.29, 1.82) is 0 Å². The quantitative estimate of drug-likeness (QED) is 0.497. The lowest BCUT2D eigenvalue weighted by Gasteiger charge is -2.07. The Morgan fingerprint density at radius 2 is 1.84 bits per heavy atom. The summed E-state index contributed by atoms with van der Waals surface area (Å²) >= 11 is 12.4. The van der Waals surface area contributed by atoms with Gasteiger partial charge in [-0.2, -0.15) is 0 Å². The SMILES string of the molecule is Cn1c(CCc2c(Cl)cccc2Cl)nnc1-c1ccc([N+](=O)[O-])cn1. The molecule has 0 unspecified atom stereocenters. The maximum Gasteiger partial charge on any atom is 0.287 e. The second kappa shape index (κ2) is 7.16. The standard InChI is InChI=1S/C16H13Cl2N5O2/c1-22-15(8-6-11-12(17)3-2-4-13(11)18)20-21-16(22)14-7-5-10(9-19-14)23(24)25/h2-5,7,9H,6,8H2,1H3. The highest BCUT2D eigenvalue weighted by Gasteiger charge is 2.15. The van der Waals surface area contributed by atoms with Gasteiger partial charge in [0.1, 0.15) is 17.7 Å². The zero-order valence-corrected chi connectivity index (χ0v) is 14.7. The Bertz CT molecular complexity index is 905. The number of hydrogen-bond acceptors (Lipinski definition) is 5. The molecule has 2 aromatic heterocycles. The Labute approximate surface area is 153 Å². The average molecular weight is 378 g/mol. The number of aryl methyl sites for hydroxylation is 1. The smallest absolute Gasteiger partial charge is 0.287 e. The van der Waals surface area contributed by atoms with Gasteiger partial charge >= 0.3 is 0 Å². The first kappa shape index (κ1) is 17.3. The van der Waals surface area contributed by atoms with Gasteiger partial charge in [0.15, 0.2) is 5.82 Å². The molecule has 0 bridgehead atoms. The van der Waals surface area contributed by atoms with E-state index in [9.17, 15) is 10.1 Å². The van der Waals surface area contributed by atoms with E-state index in [-0.39, 0.29) is 5.69 Å². The minimum atomic E-state index is -0.494. The maximum absolute atomic E-state index is 10.7. The van der Waals surface area contributed by atoms with Crippen LogP contribution in [0.15, 0.2) is 36.5 Å². The fourth-order valence-corrected chi connectivity index (χ4v) is 3.02. The lowest BCUT2D eigenvalue weighted by Crippen LogP contribution is -2.03. The van der Waals surface area contributed by atoms with E-state index in [1.54, 1.807) is 28.8 Å². The first-order valence-electron chi connectivity index (χ1n) is 7.39. The van der Waals surface area contributed by atoms with Gasteiger partial charge in [0, 0.05) is 29.6 Å². The molecule has 0 N–H and O–H groups in total. The molecule has 0 spiro atoms. The van der Waals surface area contributed by atoms with Gasteiger partial charge in [-0.15, -0.1) is 10.2 Å². The Kier molecular flexibility index (Phi) is 4.96. The molecule has 0 saturated carbocycles. The van der Waals surface area contributed by atoms with E-state index >= 15 is 0 Å². The summed E-state index contributed by atoms with van der Waals surface area (Å²) in [6.45, 7) is 0. The van der Waals surface area contributed by atoms with E-state index in [1.165, 1.54) is 12.3 Å². The van der Waals surface area contributed by atoms with Crippen molar-refractivity contribution < 1.29 is 4.92 Å². The molecule has 1 aromatic carbocycles. The second-order valence-corrected chi connectivity index (χ2v) is 6.17. The molecule has 0 aliphatic carbocycles. The van der Waals surface area contributed by atoms with E-state index in [0.717, 1.165) is 11.4 Å². The summed E-state index contributed by atoms with van der Waals surface area (Å²) in [5, 5.41) is 20.2. The monoisotopic (exact) mass is 377 g/mol. The van der Waals surface area contributed by atoms with E-state index in [1.807, 2.05) is 7.05 Å². The molecule has 7 nitrogen and oxygen atoms in total. The van der Waals surface area contributed by atoms with Gasteiger partial charge in [-0.25, -0.2) is 4.98 Å². The van der Waals surface area contributed by atoms with Crippen LogP contribution in [0.3, 0.4) is 0 Å². The normalized spacial score (nSPS) is 10.8. The van der Waals surface area contributed by atoms with Gasteiger partial charge in [0.2, 0.25) is 0 Å². The van der Waals surface area contributed by atoms with Crippen LogP contribution in [0, 0.1) is 10.1 Å². The van der Waals surface area contributed by atoms with Crippen LogP contribution >= 0.6 is 23.2 Å². The molecule has 0 amide bonds. The number of aromatic nitrogens is 4. The van der Waals surface area contributed by atoms with E-state index in [2.05, 4.69) is 15.2 Å². The van der Waals surface area contributed by atoms with Crippen molar-refractivity contribution in [1.82, 2.24) is 19.7 Å². The topological polar surface area (TPSA) is 86.7 Å². The molecule has 0 fully saturated rings. The number of rotatable bonds is 5. The number of hydrogen-bond donors (Lipinski definition) is 0. The molecule has 0 aliphatic heterocycles. The van der Waals surface area contributed by atoms with Crippen molar-refractivity contribution >= 4 is 28.9 Å². The predicted octanol–water partition coefficient (Wildman–Crippen LogP) is 3.88. The Morgan fingerprint density at radius 1 is 1.12 bits per heavy atom. The molecular formula is C16H13Cl2N5O2. The molecule has 0 atom stereocenters. The summed E-state index contributed by atoms with van der Waals surface area (Å²) in [5.41, 5.74) is 1.31. The van der Waals surface area contributed by atoms with Crippen LogP contribution in [0.4, 0.5) is 5.69 Å². The number of halogens is 2. The summed E-state index contributed by atoms with van der Waals surface area (Å²) in [5.74, 6) is 1.28. The Morgan fingerprint density at radius 3 is 2.44 bits per heavy atom. The molecule has 0 radical (unpaired) electrons. The molecule has 128 valence electrons. The van der Waals surface area contributed by atoms with Crippen molar-refractivity contribution in [2.24, 2.45) is 7.05 Å². The molecule has 0 aliphatic rings. The van der Waals surface area contributed by atoms with Crippen LogP contribution in [0.2, 0.25) is 10.0 Å². The highest BCUT2D eigenvalue weighted by atomic mass is 35.5. The molecule has 2 heterocycles. The lowest BCUT2D eigenvalue weighted by atomic mass is 10.1. The summed E-state index contributed by atoms with van der Waals surface area (Å²) in [6.07, 6.45) is 2.42. The van der Waals surface area contributed by atoms with Crippen LogP contribution in [-0.4, -0.2) is 24.7 Å². The van der Waals surface area contributed by atoms with Gasteiger partial charge in [0.05, 0.1) is 4.92 Å². The van der Waals surface area contributed by atoms with Crippen LogP contribution < -0.4 is 0 Å². The van der Waals surface area contributed by atoms with Crippen LogP contribution in [0.1, 0.15) is 11.4 Å². The van der Waals surface area contributed by atoms with Gasteiger partial charge in [0.25, 0.3) is 5.69 Å². The first-order chi connectivity index (χ1) is 12.0. The van der Waals surface area contributed by atoms with Crippen molar-refractivity contribution in [2.75, 3.05) is 0 Å². The Hall–Kier alpha value is -2.51. The highest BCUT2D eigenvalue weighted by Crippen LogP contribution is 2.26. The zero-order chi connectivity index (χ0) is 18.0. The number of pyridine rings is 1. The molecular weight excluding hydrogens is 365 g/mol. The van der Waals surface area contributed by atoms with Gasteiger partial charge in [-0.05, 0) is 30.2 Å². The van der Waals surface area contributed by atoms with Gasteiger partial charge in [-0.3, -0.25) is 10.1 Å². The van der Waals surface area contributed by atoms with Gasteiger partial charge in [-0.1, -0.05) is 29.3 Å². The summed E-state index contributed by atoms with van der Waals surface area (Å²) < 4.78 is 1.80. The largest absolute Gasteiger partial charge is 0.313 e. The summed E-state index contributed by atoms with van der Waals surface area (Å²) in [4.78, 5) is 14.3. The Balaban J connectivity index is 1.80. The molecule has 3 rings (SSSR count). The van der Waals surface area contributed by atoms with Crippen molar-refractivity contribution in [3.8, 4) is 11.5 Å². The molecule has 9 heteroatoms. The fraction of sp³-hybridized carbons (Fsp3) is 0.188. The second-order valence-electron chi connectivity index (χ2n) is 5.36. The lowest BCUT2D eigenvalue weighted by molar-refractivity contribution is -0.385. The van der Waals surface area contributed by atoms with Crippen molar-refractivity contribution in [3.63, 3.8) is 0 Å². The summed E-state index contributed by atoms with van der Waals surface area (Å²) in [7, 11) is 1.82. The van der Waals surface area contributed by atoms with Crippen LogP contribution in [-0.2, 0) is 19.9 Å². The minimum Gasteiger partial charge on any atom is -0.313 e. The highest BCUT2D eigenvalue weighted by molar-refractivity contribution is 6.35. The molecule has 3 aromatic rings. The van der Waals surface area contributed by atoms with Crippen molar-refractivity contribution in [3.05, 3.63) is 68.1 Å². The van der Waals surface area contributed by atoms with E-state index < -0.39 is 4.92 Å². The fourth-order valence-electron chi connectivity index (χ4n) is 2.44.